The Morgan fingerprint density at radius 1 is 1.00 bits per heavy atom. The first-order valence-electron chi connectivity index (χ1n) is 6.77. The average molecular weight is 271 g/mol. The topological polar surface area (TPSA) is 44.5 Å². The summed E-state index contributed by atoms with van der Waals surface area (Å²) in [6.45, 7) is 3.97. The van der Waals surface area contributed by atoms with E-state index in [1.807, 2.05) is 50.2 Å². The number of ether oxygens (including phenoxy) is 2. The van der Waals surface area contributed by atoms with E-state index in [1.165, 1.54) is 0 Å². The molecule has 2 N–H and O–H groups in total. The van der Waals surface area contributed by atoms with Gasteiger partial charge in [-0.25, -0.2) is 0 Å². The molecule has 0 aliphatic rings. The smallest absolute Gasteiger partial charge is 0.128 e. The maximum atomic E-state index is 6.08. The zero-order chi connectivity index (χ0) is 14.5. The molecule has 0 aliphatic carbocycles. The quantitative estimate of drug-likeness (QED) is 0.898. The maximum absolute atomic E-state index is 6.08. The van der Waals surface area contributed by atoms with Crippen LogP contribution in [0.4, 0.5) is 0 Å². The molecule has 0 aliphatic heterocycles. The monoisotopic (exact) mass is 271 g/mol. The van der Waals surface area contributed by atoms with Crippen LogP contribution in [0, 0.1) is 0 Å². The van der Waals surface area contributed by atoms with E-state index in [0.717, 1.165) is 22.6 Å². The highest BCUT2D eigenvalue weighted by Crippen LogP contribution is 2.32. The van der Waals surface area contributed by atoms with E-state index < -0.39 is 0 Å². The highest BCUT2D eigenvalue weighted by molar-refractivity contribution is 5.42. The van der Waals surface area contributed by atoms with Crippen molar-refractivity contribution >= 4 is 0 Å². The Balaban J connectivity index is 2.27. The van der Waals surface area contributed by atoms with Crippen molar-refractivity contribution in [3.05, 3.63) is 59.7 Å². The summed E-state index contributed by atoms with van der Waals surface area (Å²) in [5, 5.41) is 0. The molecule has 2 aromatic carbocycles. The molecule has 3 nitrogen and oxygen atoms in total. The first-order chi connectivity index (χ1) is 9.61. The molecule has 0 spiro atoms. The number of hydrogen-bond acceptors (Lipinski definition) is 3. The summed E-state index contributed by atoms with van der Waals surface area (Å²) >= 11 is 0. The van der Waals surface area contributed by atoms with Gasteiger partial charge in [-0.2, -0.15) is 0 Å². The lowest BCUT2D eigenvalue weighted by Crippen LogP contribution is -2.10. The molecular formula is C17H21NO2. The van der Waals surface area contributed by atoms with Gasteiger partial charge in [0.1, 0.15) is 17.6 Å². The van der Waals surface area contributed by atoms with Crippen LogP contribution in [0.1, 0.15) is 37.1 Å². The van der Waals surface area contributed by atoms with Gasteiger partial charge in [0.2, 0.25) is 0 Å². The van der Waals surface area contributed by atoms with Crippen LogP contribution in [0.5, 0.6) is 11.5 Å². The van der Waals surface area contributed by atoms with Crippen molar-refractivity contribution in [3.8, 4) is 11.5 Å². The fourth-order valence-corrected chi connectivity index (χ4v) is 2.10. The van der Waals surface area contributed by atoms with Gasteiger partial charge in [0.05, 0.1) is 7.11 Å². The summed E-state index contributed by atoms with van der Waals surface area (Å²) in [4.78, 5) is 0. The number of hydrogen-bond donors (Lipinski definition) is 1. The van der Waals surface area contributed by atoms with E-state index in [1.54, 1.807) is 7.11 Å². The van der Waals surface area contributed by atoms with Crippen LogP contribution in [0.3, 0.4) is 0 Å². The van der Waals surface area contributed by atoms with Crippen molar-refractivity contribution in [2.24, 2.45) is 5.73 Å². The maximum Gasteiger partial charge on any atom is 0.128 e. The van der Waals surface area contributed by atoms with E-state index >= 15 is 0 Å². The molecule has 2 aromatic rings. The van der Waals surface area contributed by atoms with Gasteiger partial charge in [-0.15, -0.1) is 0 Å². The zero-order valence-corrected chi connectivity index (χ0v) is 12.2. The number of rotatable bonds is 5. The Hall–Kier alpha value is -2.00. The molecule has 2 rings (SSSR count). The second-order valence-corrected chi connectivity index (χ2v) is 4.86. The van der Waals surface area contributed by atoms with Crippen LogP contribution in [0.15, 0.2) is 48.5 Å². The van der Waals surface area contributed by atoms with Crippen LogP contribution in [-0.4, -0.2) is 7.11 Å². The lowest BCUT2D eigenvalue weighted by molar-refractivity contribution is 0.222. The molecule has 106 valence electrons. The number of nitrogens with two attached hydrogens (primary N) is 1. The number of benzene rings is 2. The molecule has 1 unspecified atom stereocenters. The van der Waals surface area contributed by atoms with Gasteiger partial charge in [0.15, 0.2) is 0 Å². The van der Waals surface area contributed by atoms with E-state index in [-0.39, 0.29) is 12.1 Å². The molecule has 0 saturated heterocycles. The van der Waals surface area contributed by atoms with Gasteiger partial charge in [0.25, 0.3) is 0 Å². The molecule has 0 fully saturated rings. The predicted molar refractivity (Wildman–Crippen MR) is 81.1 cm³/mol. The van der Waals surface area contributed by atoms with Crippen LogP contribution in [0.2, 0.25) is 0 Å². The Morgan fingerprint density at radius 2 is 1.70 bits per heavy atom. The Bertz CT molecular complexity index is 552. The Morgan fingerprint density at radius 3 is 2.30 bits per heavy atom. The van der Waals surface area contributed by atoms with E-state index in [4.69, 9.17) is 15.2 Å². The molecule has 0 amide bonds. The summed E-state index contributed by atoms with van der Waals surface area (Å²) in [6.07, 6.45) is -0.0409. The molecule has 2 atom stereocenters. The first-order valence-corrected chi connectivity index (χ1v) is 6.77. The highest BCUT2D eigenvalue weighted by atomic mass is 16.5. The second kappa shape index (κ2) is 6.44. The third kappa shape index (κ3) is 3.31. The van der Waals surface area contributed by atoms with Gasteiger partial charge in [-0.1, -0.05) is 36.4 Å². The fourth-order valence-electron chi connectivity index (χ4n) is 2.10. The minimum absolute atomic E-state index is 0.0409. The molecule has 0 saturated carbocycles. The van der Waals surface area contributed by atoms with E-state index in [2.05, 4.69) is 12.1 Å². The van der Waals surface area contributed by atoms with Gasteiger partial charge in [-0.3, -0.25) is 0 Å². The normalized spacial score (nSPS) is 13.6. The molecule has 20 heavy (non-hydrogen) atoms. The van der Waals surface area contributed by atoms with Crippen molar-refractivity contribution in [2.75, 3.05) is 7.11 Å². The summed E-state index contributed by atoms with van der Waals surface area (Å²) in [5.74, 6) is 1.54. The second-order valence-electron chi connectivity index (χ2n) is 4.86. The lowest BCUT2D eigenvalue weighted by atomic mass is 10.1. The van der Waals surface area contributed by atoms with E-state index in [0.29, 0.717) is 0 Å². The van der Waals surface area contributed by atoms with Crippen LogP contribution in [-0.2, 0) is 0 Å². The zero-order valence-electron chi connectivity index (χ0n) is 12.2. The van der Waals surface area contributed by atoms with Crippen LogP contribution < -0.4 is 15.2 Å². The van der Waals surface area contributed by atoms with Gasteiger partial charge in [-0.05, 0) is 25.5 Å². The average Bonchev–Trinajstić information content (AvgIpc) is 2.47. The SMILES string of the molecule is COc1ccc([C@H](C)N)c(OC(C)c2ccccc2)c1. The van der Waals surface area contributed by atoms with Crippen molar-refractivity contribution in [1.82, 2.24) is 0 Å². The third-order valence-electron chi connectivity index (χ3n) is 3.28. The predicted octanol–water partition coefficient (Wildman–Crippen LogP) is 3.85. The fraction of sp³-hybridized carbons (Fsp3) is 0.294. The Kier molecular flexibility index (Phi) is 4.64. The first kappa shape index (κ1) is 14.4. The summed E-state index contributed by atoms with van der Waals surface area (Å²) < 4.78 is 11.3. The lowest BCUT2D eigenvalue weighted by Gasteiger charge is -2.20. The highest BCUT2D eigenvalue weighted by Gasteiger charge is 2.13. The van der Waals surface area contributed by atoms with Gasteiger partial charge in [0, 0.05) is 17.7 Å². The van der Waals surface area contributed by atoms with Gasteiger partial charge >= 0.3 is 0 Å². The molecule has 0 bridgehead atoms. The van der Waals surface area contributed by atoms with Crippen LogP contribution in [0.25, 0.3) is 0 Å². The minimum atomic E-state index is -0.0844. The molecule has 3 heteroatoms. The van der Waals surface area contributed by atoms with Crippen molar-refractivity contribution in [2.45, 2.75) is 26.0 Å². The van der Waals surface area contributed by atoms with Gasteiger partial charge < -0.3 is 15.2 Å². The minimum Gasteiger partial charge on any atom is -0.497 e. The summed E-state index contributed by atoms with van der Waals surface area (Å²) in [7, 11) is 1.64. The molecular weight excluding hydrogens is 250 g/mol. The molecule has 0 heterocycles. The third-order valence-corrected chi connectivity index (χ3v) is 3.28. The summed E-state index contributed by atoms with van der Waals surface area (Å²) in [6, 6.07) is 15.8. The van der Waals surface area contributed by atoms with E-state index in [9.17, 15) is 0 Å². The molecule has 0 aromatic heterocycles. The Labute approximate surface area is 120 Å². The summed E-state index contributed by atoms with van der Waals surface area (Å²) in [5.41, 5.74) is 8.11. The van der Waals surface area contributed by atoms with Crippen molar-refractivity contribution < 1.29 is 9.47 Å². The van der Waals surface area contributed by atoms with Crippen molar-refractivity contribution in [3.63, 3.8) is 0 Å². The molecule has 0 radical (unpaired) electrons. The largest absolute Gasteiger partial charge is 0.497 e. The number of methoxy groups -OCH3 is 1. The standard InChI is InChI=1S/C17H21NO2/c1-12(18)16-10-9-15(19-3)11-17(16)20-13(2)14-7-5-4-6-8-14/h4-13H,18H2,1-3H3/t12-,13?/m0/s1. The van der Waals surface area contributed by atoms with Crippen LogP contribution >= 0.6 is 0 Å². The van der Waals surface area contributed by atoms with Crippen molar-refractivity contribution in [1.29, 1.82) is 0 Å².